The highest BCUT2D eigenvalue weighted by Crippen LogP contribution is 2.27. The Hall–Kier alpha value is -2.34. The van der Waals surface area contributed by atoms with Gasteiger partial charge in [-0.2, -0.15) is 0 Å². The lowest BCUT2D eigenvalue weighted by Crippen LogP contribution is -2.54. The first kappa shape index (κ1) is 16.5. The fourth-order valence-electron chi connectivity index (χ4n) is 2.94. The molecule has 0 spiro atoms. The molecule has 1 fully saturated rings. The Morgan fingerprint density at radius 2 is 2.17 bits per heavy atom. The van der Waals surface area contributed by atoms with Gasteiger partial charge in [0.25, 0.3) is 5.91 Å². The first-order valence-corrected chi connectivity index (χ1v) is 8.04. The number of aryl methyl sites for hydroxylation is 1. The lowest BCUT2D eigenvalue weighted by molar-refractivity contribution is -0.0828. The lowest BCUT2D eigenvalue weighted by Gasteiger charge is -2.41. The molecule has 0 unspecified atom stereocenters. The molecule has 1 saturated heterocycles. The van der Waals surface area contributed by atoms with Gasteiger partial charge in [-0.25, -0.2) is 4.98 Å². The van der Waals surface area contributed by atoms with Crippen molar-refractivity contribution in [2.45, 2.75) is 25.4 Å². The first-order chi connectivity index (χ1) is 11.6. The van der Waals surface area contributed by atoms with E-state index in [9.17, 15) is 4.79 Å². The summed E-state index contributed by atoms with van der Waals surface area (Å²) in [5, 5.41) is 0. The molecule has 0 saturated carbocycles. The second-order valence-electron chi connectivity index (χ2n) is 6.18. The van der Waals surface area contributed by atoms with Crippen molar-refractivity contribution in [3.8, 4) is 5.75 Å². The lowest BCUT2D eigenvalue weighted by atomic mass is 9.93. The van der Waals surface area contributed by atoms with Crippen LogP contribution < -0.4 is 4.74 Å². The number of nitrogens with zero attached hydrogens (tertiary/aromatic N) is 2. The predicted molar refractivity (Wildman–Crippen MR) is 88.1 cm³/mol. The SMILES string of the molecule is CO[C@]1(COc2ccc(C)cc2)CCCN(C(=O)c2cnco2)C1. The second kappa shape index (κ2) is 7.05. The van der Waals surface area contributed by atoms with Crippen molar-refractivity contribution in [2.75, 3.05) is 26.8 Å². The zero-order chi connectivity index (χ0) is 17.0. The van der Waals surface area contributed by atoms with E-state index in [0.717, 1.165) is 18.6 Å². The van der Waals surface area contributed by atoms with E-state index in [0.29, 0.717) is 19.7 Å². The van der Waals surface area contributed by atoms with Gasteiger partial charge in [0, 0.05) is 13.7 Å². The molecule has 0 N–H and O–H groups in total. The van der Waals surface area contributed by atoms with Crippen molar-refractivity contribution < 1.29 is 18.7 Å². The van der Waals surface area contributed by atoms with Crippen LogP contribution in [0.5, 0.6) is 5.75 Å². The molecule has 2 aromatic rings. The van der Waals surface area contributed by atoms with Crippen molar-refractivity contribution in [3.05, 3.63) is 48.2 Å². The summed E-state index contributed by atoms with van der Waals surface area (Å²) in [7, 11) is 1.67. The Bertz CT molecular complexity index is 669. The molecule has 0 radical (unpaired) electrons. The number of benzene rings is 1. The average molecular weight is 330 g/mol. The molecule has 0 bridgehead atoms. The van der Waals surface area contributed by atoms with E-state index in [1.807, 2.05) is 31.2 Å². The molecule has 0 aliphatic carbocycles. The minimum absolute atomic E-state index is 0.163. The number of rotatable bonds is 5. The Kier molecular flexibility index (Phi) is 4.85. The van der Waals surface area contributed by atoms with Crippen LogP contribution in [-0.2, 0) is 4.74 Å². The van der Waals surface area contributed by atoms with E-state index >= 15 is 0 Å². The van der Waals surface area contributed by atoms with E-state index < -0.39 is 5.60 Å². The van der Waals surface area contributed by atoms with Crippen LogP contribution in [0, 0.1) is 6.92 Å². The largest absolute Gasteiger partial charge is 0.491 e. The number of carbonyl (C=O) groups excluding carboxylic acids is 1. The van der Waals surface area contributed by atoms with Gasteiger partial charge in [-0.05, 0) is 31.9 Å². The van der Waals surface area contributed by atoms with Gasteiger partial charge in [0.2, 0.25) is 5.76 Å². The highest BCUT2D eigenvalue weighted by atomic mass is 16.5. The number of aromatic nitrogens is 1. The summed E-state index contributed by atoms with van der Waals surface area (Å²) < 4.78 is 16.8. The van der Waals surface area contributed by atoms with Gasteiger partial charge in [0.1, 0.15) is 18.0 Å². The highest BCUT2D eigenvalue weighted by Gasteiger charge is 2.39. The van der Waals surface area contributed by atoms with Gasteiger partial charge < -0.3 is 18.8 Å². The predicted octanol–water partition coefficient (Wildman–Crippen LogP) is 2.68. The average Bonchev–Trinajstić information content (AvgIpc) is 3.15. The van der Waals surface area contributed by atoms with Crippen molar-refractivity contribution in [1.82, 2.24) is 9.88 Å². The number of carbonyl (C=O) groups is 1. The summed E-state index contributed by atoms with van der Waals surface area (Å²) in [5.74, 6) is 0.890. The summed E-state index contributed by atoms with van der Waals surface area (Å²) in [6, 6.07) is 7.91. The Labute approximate surface area is 141 Å². The minimum atomic E-state index is -0.515. The maximum atomic E-state index is 12.5. The normalized spacial score (nSPS) is 20.8. The van der Waals surface area contributed by atoms with E-state index in [4.69, 9.17) is 13.9 Å². The summed E-state index contributed by atoms with van der Waals surface area (Å²) in [6.45, 7) is 3.57. The third-order valence-electron chi connectivity index (χ3n) is 4.43. The molecule has 1 amide bonds. The number of hydrogen-bond acceptors (Lipinski definition) is 5. The quantitative estimate of drug-likeness (QED) is 0.843. The second-order valence-corrected chi connectivity index (χ2v) is 6.18. The van der Waals surface area contributed by atoms with Crippen LogP contribution in [0.1, 0.15) is 29.0 Å². The van der Waals surface area contributed by atoms with Gasteiger partial charge in [-0.1, -0.05) is 17.7 Å². The number of methoxy groups -OCH3 is 1. The van der Waals surface area contributed by atoms with Crippen LogP contribution in [-0.4, -0.2) is 48.2 Å². The zero-order valence-electron chi connectivity index (χ0n) is 14.0. The number of likely N-dealkylation sites (tertiary alicyclic amines) is 1. The highest BCUT2D eigenvalue weighted by molar-refractivity contribution is 5.91. The summed E-state index contributed by atoms with van der Waals surface area (Å²) in [5.41, 5.74) is 0.670. The van der Waals surface area contributed by atoms with E-state index in [1.165, 1.54) is 18.2 Å². The van der Waals surface area contributed by atoms with Crippen molar-refractivity contribution in [1.29, 1.82) is 0 Å². The molecule has 2 heterocycles. The molecule has 6 heteroatoms. The van der Waals surface area contributed by atoms with Gasteiger partial charge in [0.05, 0.1) is 12.7 Å². The molecule has 1 aromatic heterocycles. The van der Waals surface area contributed by atoms with Crippen LogP contribution >= 0.6 is 0 Å². The Morgan fingerprint density at radius 3 is 2.83 bits per heavy atom. The number of hydrogen-bond donors (Lipinski definition) is 0. The number of piperidine rings is 1. The van der Waals surface area contributed by atoms with E-state index in [2.05, 4.69) is 4.98 Å². The molecular weight excluding hydrogens is 308 g/mol. The van der Waals surface area contributed by atoms with Crippen molar-refractivity contribution in [3.63, 3.8) is 0 Å². The molecule has 1 aromatic carbocycles. The molecule has 3 rings (SSSR count). The first-order valence-electron chi connectivity index (χ1n) is 8.04. The number of ether oxygens (including phenoxy) is 2. The van der Waals surface area contributed by atoms with Gasteiger partial charge in [-0.15, -0.1) is 0 Å². The summed E-state index contributed by atoms with van der Waals surface area (Å²) in [6.07, 6.45) is 4.40. The van der Waals surface area contributed by atoms with Crippen LogP contribution in [0.3, 0.4) is 0 Å². The van der Waals surface area contributed by atoms with Crippen LogP contribution in [0.2, 0.25) is 0 Å². The fraction of sp³-hybridized carbons (Fsp3) is 0.444. The molecule has 128 valence electrons. The molecule has 1 aliphatic heterocycles. The van der Waals surface area contributed by atoms with Crippen LogP contribution in [0.15, 0.2) is 41.3 Å². The molecule has 1 atom stereocenters. The summed E-state index contributed by atoms with van der Waals surface area (Å²) in [4.78, 5) is 18.0. The van der Waals surface area contributed by atoms with E-state index in [1.54, 1.807) is 12.0 Å². The smallest absolute Gasteiger partial charge is 0.291 e. The molecular formula is C18H22N2O4. The monoisotopic (exact) mass is 330 g/mol. The number of oxazole rings is 1. The third kappa shape index (κ3) is 3.59. The topological polar surface area (TPSA) is 64.8 Å². The van der Waals surface area contributed by atoms with Gasteiger partial charge >= 0.3 is 0 Å². The Morgan fingerprint density at radius 1 is 1.38 bits per heavy atom. The standard InChI is InChI=1S/C18H22N2O4/c1-14-4-6-15(7-5-14)23-12-18(22-2)8-3-9-20(11-18)17(21)16-10-19-13-24-16/h4-7,10,13H,3,8-9,11-12H2,1-2H3/t18-/m1/s1. The zero-order valence-corrected chi connectivity index (χ0v) is 14.0. The molecule has 6 nitrogen and oxygen atoms in total. The molecule has 1 aliphatic rings. The van der Waals surface area contributed by atoms with Crippen LogP contribution in [0.4, 0.5) is 0 Å². The van der Waals surface area contributed by atoms with Gasteiger partial charge in [0.15, 0.2) is 6.39 Å². The van der Waals surface area contributed by atoms with Gasteiger partial charge in [-0.3, -0.25) is 4.79 Å². The maximum absolute atomic E-state index is 12.5. The third-order valence-corrected chi connectivity index (χ3v) is 4.43. The number of amides is 1. The Balaban J connectivity index is 1.67. The van der Waals surface area contributed by atoms with E-state index in [-0.39, 0.29) is 11.7 Å². The fourth-order valence-corrected chi connectivity index (χ4v) is 2.94. The molecule has 24 heavy (non-hydrogen) atoms. The summed E-state index contributed by atoms with van der Waals surface area (Å²) >= 11 is 0. The maximum Gasteiger partial charge on any atom is 0.291 e. The van der Waals surface area contributed by atoms with Crippen molar-refractivity contribution in [2.24, 2.45) is 0 Å². The van der Waals surface area contributed by atoms with Crippen LogP contribution in [0.25, 0.3) is 0 Å². The minimum Gasteiger partial charge on any atom is -0.491 e. The van der Waals surface area contributed by atoms with Crippen molar-refractivity contribution >= 4 is 5.91 Å².